The number of benzene rings is 2. The molecule has 0 bridgehead atoms. The summed E-state index contributed by atoms with van der Waals surface area (Å²) in [7, 11) is 0. The number of likely N-dealkylation sites (N-methyl/N-ethyl adjacent to an activating group) is 1. The number of carbonyl (C=O) groups is 2. The second-order valence-corrected chi connectivity index (χ2v) is 11.8. The van der Waals surface area contributed by atoms with Crippen LogP contribution in [0.1, 0.15) is 68.8 Å². The molecular formula is C32H40N4O4. The lowest BCUT2D eigenvalue weighted by Crippen LogP contribution is -2.58. The Bertz CT molecular complexity index is 1370. The first kappa shape index (κ1) is 26.8. The van der Waals surface area contributed by atoms with Gasteiger partial charge in [0.2, 0.25) is 11.8 Å². The predicted molar refractivity (Wildman–Crippen MR) is 153 cm³/mol. The van der Waals surface area contributed by atoms with Crippen molar-refractivity contribution in [3.05, 3.63) is 59.4 Å². The number of rotatable bonds is 8. The highest BCUT2D eigenvalue weighted by Crippen LogP contribution is 2.40. The second-order valence-electron chi connectivity index (χ2n) is 11.8. The molecule has 2 aromatic carbocycles. The standard InChI is InChI=1S/C32H40N4O4/c1-3-33-30(37)29(21-7-6-8-21)36-31(38)32(13-15-39-16-14-32)22-11-12-25-26(17-22)35-28(34-25)18-24-20(2)19-40-27-10-5-4-9-23(24)27/h4-5,9-12,17,20-21,24,29H,3,6-8,13-16,18-19H2,1-2H3,(H,33,37)(H,34,35)(H,36,38)/t20?,24-,29-/m1/s1. The second kappa shape index (κ2) is 11.2. The largest absolute Gasteiger partial charge is 0.493 e. The molecule has 212 valence electrons. The van der Waals surface area contributed by atoms with Gasteiger partial charge in [-0.05, 0) is 73.8 Å². The third-order valence-corrected chi connectivity index (χ3v) is 9.33. The molecule has 8 nitrogen and oxygen atoms in total. The smallest absolute Gasteiger partial charge is 0.242 e. The van der Waals surface area contributed by atoms with Gasteiger partial charge in [-0.1, -0.05) is 37.6 Å². The van der Waals surface area contributed by atoms with Crippen LogP contribution in [0.2, 0.25) is 0 Å². The Hall–Kier alpha value is -3.39. The van der Waals surface area contributed by atoms with E-state index in [1.54, 1.807) is 0 Å². The van der Waals surface area contributed by atoms with Gasteiger partial charge in [-0.15, -0.1) is 0 Å². The number of hydrogen-bond acceptors (Lipinski definition) is 5. The van der Waals surface area contributed by atoms with Gasteiger partial charge >= 0.3 is 0 Å². The van der Waals surface area contributed by atoms with E-state index in [0.29, 0.717) is 51.0 Å². The lowest BCUT2D eigenvalue weighted by molar-refractivity contribution is -0.136. The minimum Gasteiger partial charge on any atom is -0.493 e. The Morgan fingerprint density at radius 2 is 1.95 bits per heavy atom. The summed E-state index contributed by atoms with van der Waals surface area (Å²) in [6.45, 7) is 6.41. The van der Waals surface area contributed by atoms with Crippen LogP contribution in [0.4, 0.5) is 0 Å². The molecule has 1 saturated carbocycles. The van der Waals surface area contributed by atoms with Crippen LogP contribution in [0.3, 0.4) is 0 Å². The van der Waals surface area contributed by atoms with Crippen molar-refractivity contribution in [2.45, 2.75) is 69.7 Å². The number of aromatic nitrogens is 2. The maximum Gasteiger partial charge on any atom is 0.242 e. The quantitative estimate of drug-likeness (QED) is 0.390. The molecule has 0 radical (unpaired) electrons. The average Bonchev–Trinajstić information content (AvgIpc) is 3.35. The topological polar surface area (TPSA) is 105 Å². The van der Waals surface area contributed by atoms with E-state index in [-0.39, 0.29) is 17.7 Å². The van der Waals surface area contributed by atoms with E-state index in [4.69, 9.17) is 14.5 Å². The number of fused-ring (bicyclic) bond motifs is 2. The van der Waals surface area contributed by atoms with E-state index in [1.165, 1.54) is 5.56 Å². The number of aromatic amines is 1. The highest BCUT2D eigenvalue weighted by molar-refractivity contribution is 5.94. The van der Waals surface area contributed by atoms with Crippen molar-refractivity contribution in [3.8, 4) is 5.75 Å². The van der Waals surface area contributed by atoms with Gasteiger partial charge in [0, 0.05) is 32.1 Å². The van der Waals surface area contributed by atoms with Crippen LogP contribution in [0.15, 0.2) is 42.5 Å². The summed E-state index contributed by atoms with van der Waals surface area (Å²) in [6.07, 6.45) is 4.99. The SMILES string of the molecule is CCNC(=O)[C@H](NC(=O)C1(c2ccc3nc(C[C@H]4c5ccccc5OCC4C)[nH]c3c2)CCOCC1)C1CCC1. The van der Waals surface area contributed by atoms with Crippen molar-refractivity contribution in [2.75, 3.05) is 26.4 Å². The highest BCUT2D eigenvalue weighted by Gasteiger charge is 2.45. The zero-order valence-electron chi connectivity index (χ0n) is 23.5. The molecule has 2 fully saturated rings. The molecule has 3 heterocycles. The monoisotopic (exact) mass is 544 g/mol. The minimum absolute atomic E-state index is 0.0781. The molecule has 1 saturated heterocycles. The number of hydrogen-bond donors (Lipinski definition) is 3. The van der Waals surface area contributed by atoms with Crippen LogP contribution in [-0.4, -0.2) is 54.2 Å². The Kier molecular flexibility index (Phi) is 7.53. The van der Waals surface area contributed by atoms with Crippen LogP contribution in [0.25, 0.3) is 11.0 Å². The molecule has 1 unspecified atom stereocenters. The first-order valence-corrected chi connectivity index (χ1v) is 14.9. The molecule has 6 rings (SSSR count). The normalized spacial score (nSPS) is 22.9. The molecule has 2 aliphatic heterocycles. The summed E-state index contributed by atoms with van der Waals surface area (Å²) in [4.78, 5) is 35.5. The van der Waals surface area contributed by atoms with Crippen LogP contribution >= 0.6 is 0 Å². The van der Waals surface area contributed by atoms with E-state index in [2.05, 4.69) is 40.7 Å². The van der Waals surface area contributed by atoms with Gasteiger partial charge in [0.15, 0.2) is 0 Å². The Morgan fingerprint density at radius 3 is 2.70 bits per heavy atom. The van der Waals surface area contributed by atoms with E-state index < -0.39 is 11.5 Å². The summed E-state index contributed by atoms with van der Waals surface area (Å²) in [6, 6.07) is 13.9. The maximum absolute atomic E-state index is 14.1. The summed E-state index contributed by atoms with van der Waals surface area (Å²) in [5, 5.41) is 6.12. The average molecular weight is 545 g/mol. The number of nitrogens with zero attached hydrogens (tertiary/aromatic N) is 1. The van der Waals surface area contributed by atoms with Gasteiger partial charge in [-0.25, -0.2) is 4.98 Å². The molecule has 3 atom stereocenters. The number of para-hydroxylation sites is 1. The fraction of sp³-hybridized carbons (Fsp3) is 0.531. The van der Waals surface area contributed by atoms with E-state index in [1.807, 2.05) is 31.2 Å². The Labute approximate surface area is 235 Å². The van der Waals surface area contributed by atoms with Crippen LogP contribution in [0.5, 0.6) is 5.75 Å². The van der Waals surface area contributed by atoms with Gasteiger partial charge in [0.05, 0.1) is 23.1 Å². The van der Waals surface area contributed by atoms with Crippen LogP contribution in [-0.2, 0) is 26.2 Å². The molecular weight excluding hydrogens is 504 g/mol. The number of carbonyl (C=O) groups excluding carboxylic acids is 2. The third-order valence-electron chi connectivity index (χ3n) is 9.33. The van der Waals surface area contributed by atoms with Gasteiger partial charge in [0.25, 0.3) is 0 Å². The molecule has 8 heteroatoms. The molecule has 3 aliphatic rings. The molecule has 3 N–H and O–H groups in total. The van der Waals surface area contributed by atoms with Crippen LogP contribution in [0, 0.1) is 11.8 Å². The van der Waals surface area contributed by atoms with Crippen molar-refractivity contribution in [3.63, 3.8) is 0 Å². The Balaban J connectivity index is 1.28. The Morgan fingerprint density at radius 1 is 1.15 bits per heavy atom. The van der Waals surface area contributed by atoms with Crippen molar-refractivity contribution in [2.24, 2.45) is 11.8 Å². The highest BCUT2D eigenvalue weighted by atomic mass is 16.5. The van der Waals surface area contributed by atoms with Crippen molar-refractivity contribution < 1.29 is 19.1 Å². The summed E-state index contributed by atoms with van der Waals surface area (Å²) in [5.74, 6) is 2.63. The predicted octanol–water partition coefficient (Wildman–Crippen LogP) is 4.39. The fourth-order valence-corrected chi connectivity index (χ4v) is 6.64. The molecule has 3 aromatic rings. The van der Waals surface area contributed by atoms with Crippen molar-refractivity contribution in [1.82, 2.24) is 20.6 Å². The first-order chi connectivity index (χ1) is 19.5. The van der Waals surface area contributed by atoms with Gasteiger partial charge in [-0.3, -0.25) is 9.59 Å². The first-order valence-electron chi connectivity index (χ1n) is 14.9. The molecule has 1 aliphatic carbocycles. The summed E-state index contributed by atoms with van der Waals surface area (Å²) in [5.41, 5.74) is 3.25. The molecule has 2 amide bonds. The van der Waals surface area contributed by atoms with E-state index in [9.17, 15) is 9.59 Å². The lowest BCUT2D eigenvalue weighted by atomic mass is 9.72. The number of amides is 2. The van der Waals surface area contributed by atoms with E-state index >= 15 is 0 Å². The van der Waals surface area contributed by atoms with Gasteiger partial charge in [0.1, 0.15) is 17.6 Å². The van der Waals surface area contributed by atoms with Gasteiger partial charge in [-0.2, -0.15) is 0 Å². The number of nitrogens with one attached hydrogen (secondary N) is 3. The minimum atomic E-state index is -0.750. The lowest BCUT2D eigenvalue weighted by Gasteiger charge is -2.40. The summed E-state index contributed by atoms with van der Waals surface area (Å²) >= 11 is 0. The van der Waals surface area contributed by atoms with Crippen molar-refractivity contribution >= 4 is 22.8 Å². The number of ether oxygens (including phenoxy) is 2. The summed E-state index contributed by atoms with van der Waals surface area (Å²) < 4.78 is 11.6. The fourth-order valence-electron chi connectivity index (χ4n) is 6.64. The molecule has 0 spiro atoms. The van der Waals surface area contributed by atoms with Crippen LogP contribution < -0.4 is 15.4 Å². The van der Waals surface area contributed by atoms with Crippen molar-refractivity contribution in [1.29, 1.82) is 0 Å². The number of H-pyrrole nitrogens is 1. The zero-order valence-corrected chi connectivity index (χ0v) is 23.5. The van der Waals surface area contributed by atoms with Gasteiger partial charge < -0.3 is 25.1 Å². The zero-order chi connectivity index (χ0) is 27.7. The third kappa shape index (κ3) is 4.98. The number of imidazole rings is 1. The van der Waals surface area contributed by atoms with E-state index in [0.717, 1.165) is 53.9 Å². The molecule has 1 aromatic heterocycles. The maximum atomic E-state index is 14.1. The molecule has 40 heavy (non-hydrogen) atoms.